The monoisotopic (exact) mass is 482 g/mol. The number of amides is 1. The summed E-state index contributed by atoms with van der Waals surface area (Å²) in [6.07, 6.45) is 6.22. The van der Waals surface area contributed by atoms with E-state index < -0.39 is 29.6 Å². The van der Waals surface area contributed by atoms with Gasteiger partial charge in [0, 0.05) is 50.7 Å². The van der Waals surface area contributed by atoms with E-state index in [2.05, 4.69) is 9.97 Å². The molecule has 35 heavy (non-hydrogen) atoms. The number of esters is 1. The van der Waals surface area contributed by atoms with Crippen molar-refractivity contribution in [3.8, 4) is 0 Å². The quantitative estimate of drug-likeness (QED) is 0.517. The van der Waals surface area contributed by atoms with Crippen LogP contribution in [-0.2, 0) is 25.7 Å². The Morgan fingerprint density at radius 3 is 2.23 bits per heavy atom. The molecule has 1 aromatic heterocycles. The number of aromatic amines is 1. The predicted octanol–water partition coefficient (Wildman–Crippen LogP) is 2.30. The summed E-state index contributed by atoms with van der Waals surface area (Å²) in [7, 11) is 0. The van der Waals surface area contributed by atoms with Crippen LogP contribution >= 0.6 is 0 Å². The van der Waals surface area contributed by atoms with Gasteiger partial charge in [0.1, 0.15) is 0 Å². The molecule has 4 fully saturated rings. The minimum Gasteiger partial charge on any atom is -0.423 e. The number of morpholine rings is 1. The Morgan fingerprint density at radius 2 is 1.63 bits per heavy atom. The van der Waals surface area contributed by atoms with Crippen molar-refractivity contribution in [2.24, 2.45) is 0 Å². The van der Waals surface area contributed by atoms with E-state index in [0.29, 0.717) is 51.1 Å². The first-order chi connectivity index (χ1) is 17.1. The number of hydrogen-bond acceptors (Lipinski definition) is 7. The van der Waals surface area contributed by atoms with Gasteiger partial charge < -0.3 is 9.72 Å². The standard InChI is InChI=1S/C25H31FN6O3/c26-20-11-8-18-31(20)32-22(33)25(21-27-12-13-28-21,30-16-6-7-17-30)35-23(34)24(32,29-14-4-5-15-29)19-9-2-1-3-10-19/h1-3,9-10,12-13,20H,4-8,11,14-18H2,(H,27,28). The van der Waals surface area contributed by atoms with Crippen LogP contribution in [0.3, 0.4) is 0 Å². The normalized spacial score (nSPS) is 33.1. The number of carbonyl (C=O) groups excluding carboxylic acids is 2. The molecule has 9 nitrogen and oxygen atoms in total. The Hall–Kier alpha value is -2.82. The van der Waals surface area contributed by atoms with Gasteiger partial charge in [-0.05, 0) is 38.5 Å². The number of H-pyrrole nitrogens is 1. The van der Waals surface area contributed by atoms with E-state index in [1.165, 1.54) is 10.0 Å². The lowest BCUT2D eigenvalue weighted by molar-refractivity contribution is -0.280. The molecule has 3 unspecified atom stereocenters. The first-order valence-corrected chi connectivity index (χ1v) is 12.6. The Labute approximate surface area is 203 Å². The Balaban J connectivity index is 1.60. The van der Waals surface area contributed by atoms with E-state index in [1.54, 1.807) is 12.4 Å². The van der Waals surface area contributed by atoms with Crippen molar-refractivity contribution >= 4 is 11.9 Å². The fraction of sp³-hybridized carbons (Fsp3) is 0.560. The molecule has 10 heteroatoms. The third kappa shape index (κ3) is 3.19. The molecule has 1 N–H and O–H groups in total. The summed E-state index contributed by atoms with van der Waals surface area (Å²) in [5.74, 6) is -0.803. The highest BCUT2D eigenvalue weighted by atomic mass is 19.1. The average Bonchev–Trinajstić information content (AvgIpc) is 3.69. The molecule has 0 spiro atoms. The molecular formula is C25H31FN6O3. The third-order valence-corrected chi connectivity index (χ3v) is 7.83. The minimum atomic E-state index is -1.77. The van der Waals surface area contributed by atoms with E-state index in [9.17, 15) is 9.59 Å². The molecule has 0 bridgehead atoms. The van der Waals surface area contributed by atoms with Crippen molar-refractivity contribution in [1.82, 2.24) is 29.8 Å². The van der Waals surface area contributed by atoms with Gasteiger partial charge in [-0.1, -0.05) is 30.3 Å². The van der Waals surface area contributed by atoms with Crippen LogP contribution in [0.5, 0.6) is 0 Å². The summed E-state index contributed by atoms with van der Waals surface area (Å²) >= 11 is 0. The Bertz CT molecular complexity index is 1070. The fourth-order valence-electron chi connectivity index (χ4n) is 6.24. The highest BCUT2D eigenvalue weighted by Gasteiger charge is 2.70. The van der Waals surface area contributed by atoms with Gasteiger partial charge in [0.25, 0.3) is 0 Å². The van der Waals surface area contributed by atoms with Gasteiger partial charge in [-0.3, -0.25) is 14.6 Å². The molecule has 3 atom stereocenters. The molecule has 4 saturated heterocycles. The fourth-order valence-corrected chi connectivity index (χ4v) is 6.24. The van der Waals surface area contributed by atoms with Crippen LogP contribution in [0.15, 0.2) is 42.7 Å². The number of likely N-dealkylation sites (tertiary alicyclic amines) is 2. The smallest absolute Gasteiger partial charge is 0.356 e. The topological polar surface area (TPSA) is 85.0 Å². The minimum absolute atomic E-state index is 0.250. The van der Waals surface area contributed by atoms with Crippen LogP contribution in [0.1, 0.15) is 49.9 Å². The lowest BCUT2D eigenvalue weighted by atomic mass is 9.92. The number of benzene rings is 1. The molecule has 4 aliphatic rings. The summed E-state index contributed by atoms with van der Waals surface area (Å²) in [5, 5.41) is 2.87. The van der Waals surface area contributed by atoms with Gasteiger partial charge in [-0.15, -0.1) is 0 Å². The van der Waals surface area contributed by atoms with Crippen LogP contribution in [0, 0.1) is 0 Å². The number of rotatable bonds is 5. The molecule has 0 saturated carbocycles. The molecule has 2 aromatic rings. The number of alkyl halides is 1. The van der Waals surface area contributed by atoms with Crippen molar-refractivity contribution in [1.29, 1.82) is 0 Å². The molecular weight excluding hydrogens is 451 g/mol. The van der Waals surface area contributed by atoms with Crippen molar-refractivity contribution in [3.63, 3.8) is 0 Å². The van der Waals surface area contributed by atoms with E-state index in [4.69, 9.17) is 4.74 Å². The number of hydrogen-bond donors (Lipinski definition) is 1. The van der Waals surface area contributed by atoms with Gasteiger partial charge >= 0.3 is 17.6 Å². The number of hydrazine groups is 1. The van der Waals surface area contributed by atoms with E-state index in [1.807, 2.05) is 40.1 Å². The van der Waals surface area contributed by atoms with Crippen molar-refractivity contribution in [2.45, 2.75) is 56.2 Å². The number of carbonyl (C=O) groups is 2. The summed E-state index contributed by atoms with van der Waals surface area (Å²) in [5.41, 5.74) is -2.75. The van der Waals surface area contributed by atoms with Crippen molar-refractivity contribution in [2.75, 3.05) is 32.7 Å². The van der Waals surface area contributed by atoms with Gasteiger partial charge in [0.05, 0.1) is 0 Å². The number of nitrogens with zero attached hydrogens (tertiary/aromatic N) is 5. The van der Waals surface area contributed by atoms with Crippen LogP contribution in [0.25, 0.3) is 0 Å². The molecule has 186 valence electrons. The molecule has 4 aliphatic heterocycles. The molecule has 0 radical (unpaired) electrons. The number of imidazole rings is 1. The van der Waals surface area contributed by atoms with Gasteiger partial charge in [-0.2, -0.15) is 5.01 Å². The lowest BCUT2D eigenvalue weighted by Crippen LogP contribution is -2.78. The number of aromatic nitrogens is 2. The Kier molecular flexibility index (Phi) is 5.62. The molecule has 5 heterocycles. The second-order valence-corrected chi connectivity index (χ2v) is 9.75. The zero-order valence-electron chi connectivity index (χ0n) is 19.7. The van der Waals surface area contributed by atoms with Crippen LogP contribution < -0.4 is 0 Å². The largest absolute Gasteiger partial charge is 0.423 e. The van der Waals surface area contributed by atoms with E-state index in [-0.39, 0.29) is 5.82 Å². The first-order valence-electron chi connectivity index (χ1n) is 12.6. The van der Waals surface area contributed by atoms with Crippen LogP contribution in [0.4, 0.5) is 4.39 Å². The van der Waals surface area contributed by atoms with Crippen LogP contribution in [-0.4, -0.2) is 80.7 Å². The average molecular weight is 483 g/mol. The summed E-state index contributed by atoms with van der Waals surface area (Å²) in [4.78, 5) is 40.7. The van der Waals surface area contributed by atoms with E-state index in [0.717, 1.165) is 25.7 Å². The zero-order valence-corrected chi connectivity index (χ0v) is 19.7. The van der Waals surface area contributed by atoms with Crippen molar-refractivity contribution < 1.29 is 18.7 Å². The number of ether oxygens (including phenoxy) is 1. The third-order valence-electron chi connectivity index (χ3n) is 7.83. The van der Waals surface area contributed by atoms with E-state index >= 15 is 4.39 Å². The van der Waals surface area contributed by atoms with Gasteiger partial charge in [0.2, 0.25) is 5.66 Å². The summed E-state index contributed by atoms with van der Waals surface area (Å²) < 4.78 is 21.8. The molecule has 0 aliphatic carbocycles. The predicted molar refractivity (Wildman–Crippen MR) is 124 cm³/mol. The maximum Gasteiger partial charge on any atom is 0.356 e. The molecule has 1 amide bonds. The maximum absolute atomic E-state index is 15.5. The first kappa shape index (κ1) is 22.6. The second kappa shape index (κ2) is 8.69. The SMILES string of the molecule is O=C1N(N2CCCC2F)C(c2ccccc2)(N2CCCC2)C(=O)OC1(c1ncc[nH]1)N1CCCC1. The van der Waals surface area contributed by atoms with Crippen LogP contribution in [0.2, 0.25) is 0 Å². The number of halogens is 1. The lowest BCUT2D eigenvalue weighted by Gasteiger charge is -2.57. The highest BCUT2D eigenvalue weighted by molar-refractivity contribution is 5.98. The summed E-state index contributed by atoms with van der Waals surface area (Å²) in [6, 6.07) is 9.22. The highest BCUT2D eigenvalue weighted by Crippen LogP contribution is 2.49. The zero-order chi connectivity index (χ0) is 24.0. The summed E-state index contributed by atoms with van der Waals surface area (Å²) in [6.45, 7) is 2.71. The number of cyclic esters (lactones) is 1. The van der Waals surface area contributed by atoms with Gasteiger partial charge in [-0.25, -0.2) is 19.2 Å². The second-order valence-electron chi connectivity index (χ2n) is 9.75. The maximum atomic E-state index is 15.5. The van der Waals surface area contributed by atoms with Crippen molar-refractivity contribution in [3.05, 3.63) is 54.1 Å². The molecule has 1 aromatic carbocycles. The number of nitrogens with one attached hydrogen (secondary N) is 1. The molecule has 6 rings (SSSR count). The Morgan fingerprint density at radius 1 is 0.943 bits per heavy atom. The van der Waals surface area contributed by atoms with Gasteiger partial charge in [0.15, 0.2) is 12.1 Å².